The van der Waals surface area contributed by atoms with Crippen LogP contribution in [-0.4, -0.2) is 49.7 Å². The van der Waals surface area contributed by atoms with Gasteiger partial charge < -0.3 is 15.1 Å². The Morgan fingerprint density at radius 3 is 2.65 bits per heavy atom. The molecule has 4 nitrogen and oxygen atoms in total. The minimum atomic E-state index is 0.371. The van der Waals surface area contributed by atoms with E-state index in [1.165, 1.54) is 31.5 Å². The lowest BCUT2D eigenvalue weighted by Gasteiger charge is -2.35. The summed E-state index contributed by atoms with van der Waals surface area (Å²) in [6.45, 7) is 7.67. The first-order valence-electron chi connectivity index (χ1n) is 7.72. The number of likely N-dealkylation sites (tertiary alicyclic amines) is 1. The van der Waals surface area contributed by atoms with Crippen LogP contribution in [0.5, 0.6) is 0 Å². The van der Waals surface area contributed by atoms with E-state index in [-0.39, 0.29) is 0 Å². The second-order valence-corrected chi connectivity index (χ2v) is 5.87. The second kappa shape index (κ2) is 7.04. The first-order chi connectivity index (χ1) is 9.61. The monoisotopic (exact) mass is 276 g/mol. The summed E-state index contributed by atoms with van der Waals surface area (Å²) in [5.74, 6) is 1.09. The van der Waals surface area contributed by atoms with Gasteiger partial charge in [0.25, 0.3) is 0 Å². The fourth-order valence-corrected chi connectivity index (χ4v) is 2.86. The molecular weight excluding hydrogens is 248 g/mol. The zero-order valence-corrected chi connectivity index (χ0v) is 13.3. The van der Waals surface area contributed by atoms with E-state index in [4.69, 9.17) is 0 Å². The quantitative estimate of drug-likeness (QED) is 0.894. The van der Waals surface area contributed by atoms with Gasteiger partial charge in [0.1, 0.15) is 5.82 Å². The van der Waals surface area contributed by atoms with Crippen molar-refractivity contribution < 1.29 is 0 Å². The number of aromatic nitrogens is 1. The molecule has 2 heterocycles. The van der Waals surface area contributed by atoms with Crippen LogP contribution in [0.3, 0.4) is 0 Å². The molecule has 20 heavy (non-hydrogen) atoms. The molecule has 1 unspecified atom stereocenters. The minimum absolute atomic E-state index is 0.371. The van der Waals surface area contributed by atoms with Crippen molar-refractivity contribution in [2.24, 2.45) is 0 Å². The molecule has 0 bridgehead atoms. The maximum absolute atomic E-state index is 4.65. The molecule has 0 radical (unpaired) electrons. The minimum Gasteiger partial charge on any atom is -0.357 e. The average molecular weight is 276 g/mol. The van der Waals surface area contributed by atoms with Crippen molar-refractivity contribution in [3.63, 3.8) is 0 Å². The lowest BCUT2D eigenvalue weighted by atomic mass is 10.0. The van der Waals surface area contributed by atoms with Gasteiger partial charge in [-0.25, -0.2) is 4.98 Å². The van der Waals surface area contributed by atoms with Crippen LogP contribution in [-0.2, 0) is 0 Å². The van der Waals surface area contributed by atoms with Gasteiger partial charge in [-0.2, -0.15) is 0 Å². The third-order valence-corrected chi connectivity index (χ3v) is 4.38. The molecule has 1 fully saturated rings. The maximum atomic E-state index is 4.65. The Hall–Kier alpha value is -1.13. The second-order valence-electron chi connectivity index (χ2n) is 5.87. The Balaban J connectivity index is 1.98. The standard InChI is InChI=1S/C16H28N4/c1-5-17-13(2)14-6-7-16(18-12-14)20(4)15-8-10-19(3)11-9-15/h6-7,12-13,15,17H,5,8-11H2,1-4H3. The molecular formula is C16H28N4. The third kappa shape index (κ3) is 3.70. The molecule has 1 atom stereocenters. The SMILES string of the molecule is CCNC(C)c1ccc(N(C)C2CCN(C)CC2)nc1. The number of hydrogen-bond donors (Lipinski definition) is 1. The zero-order valence-electron chi connectivity index (χ0n) is 13.3. The van der Waals surface area contributed by atoms with E-state index >= 15 is 0 Å². The number of nitrogens with zero attached hydrogens (tertiary/aromatic N) is 3. The fraction of sp³-hybridized carbons (Fsp3) is 0.688. The fourth-order valence-electron chi connectivity index (χ4n) is 2.86. The predicted octanol–water partition coefficient (Wildman–Crippen LogP) is 2.28. The van der Waals surface area contributed by atoms with E-state index < -0.39 is 0 Å². The highest BCUT2D eigenvalue weighted by Gasteiger charge is 2.21. The zero-order chi connectivity index (χ0) is 14.5. The molecule has 1 saturated heterocycles. The molecule has 1 aliphatic heterocycles. The number of nitrogens with one attached hydrogen (secondary N) is 1. The Morgan fingerprint density at radius 1 is 1.40 bits per heavy atom. The van der Waals surface area contributed by atoms with Crippen molar-refractivity contribution >= 4 is 5.82 Å². The van der Waals surface area contributed by atoms with Gasteiger partial charge in [-0.15, -0.1) is 0 Å². The number of hydrogen-bond acceptors (Lipinski definition) is 4. The van der Waals surface area contributed by atoms with E-state index in [0.717, 1.165) is 12.4 Å². The molecule has 2 rings (SSSR count). The molecule has 0 saturated carbocycles. The molecule has 1 aromatic heterocycles. The third-order valence-electron chi connectivity index (χ3n) is 4.38. The summed E-state index contributed by atoms with van der Waals surface area (Å²) in [6.07, 6.45) is 4.46. The topological polar surface area (TPSA) is 31.4 Å². The van der Waals surface area contributed by atoms with Crippen LogP contribution < -0.4 is 10.2 Å². The number of piperidine rings is 1. The lowest BCUT2D eigenvalue weighted by Crippen LogP contribution is -2.42. The van der Waals surface area contributed by atoms with Gasteiger partial charge in [0.05, 0.1) is 0 Å². The van der Waals surface area contributed by atoms with Crippen LogP contribution in [0, 0.1) is 0 Å². The van der Waals surface area contributed by atoms with Gasteiger partial charge in [0, 0.05) is 25.3 Å². The van der Waals surface area contributed by atoms with Crippen molar-refractivity contribution in [3.05, 3.63) is 23.9 Å². The summed E-state index contributed by atoms with van der Waals surface area (Å²) in [4.78, 5) is 9.39. The summed E-state index contributed by atoms with van der Waals surface area (Å²) in [6, 6.07) is 5.34. The normalized spacial score (nSPS) is 19.0. The van der Waals surface area contributed by atoms with Gasteiger partial charge in [-0.05, 0) is 58.1 Å². The first-order valence-corrected chi connectivity index (χ1v) is 7.72. The molecule has 0 spiro atoms. The van der Waals surface area contributed by atoms with Gasteiger partial charge in [-0.3, -0.25) is 0 Å². The molecule has 0 amide bonds. The molecule has 112 valence electrons. The summed E-state index contributed by atoms with van der Waals surface area (Å²) in [5, 5.41) is 3.42. The molecule has 1 aliphatic rings. The Kier molecular flexibility index (Phi) is 5.38. The predicted molar refractivity (Wildman–Crippen MR) is 85.3 cm³/mol. The van der Waals surface area contributed by atoms with Gasteiger partial charge in [-0.1, -0.05) is 13.0 Å². The Bertz CT molecular complexity index is 395. The molecule has 4 heteroatoms. The van der Waals surface area contributed by atoms with Gasteiger partial charge in [0.2, 0.25) is 0 Å². The number of pyridine rings is 1. The molecule has 1 aromatic rings. The molecule has 1 N–H and O–H groups in total. The van der Waals surface area contributed by atoms with Crippen LogP contribution >= 0.6 is 0 Å². The Morgan fingerprint density at radius 2 is 2.10 bits per heavy atom. The van der Waals surface area contributed by atoms with Crippen LogP contribution in [0.25, 0.3) is 0 Å². The van der Waals surface area contributed by atoms with Crippen LogP contribution in [0.1, 0.15) is 38.3 Å². The van der Waals surface area contributed by atoms with Crippen molar-refractivity contribution in [1.82, 2.24) is 15.2 Å². The lowest BCUT2D eigenvalue weighted by molar-refractivity contribution is 0.252. The highest BCUT2D eigenvalue weighted by molar-refractivity contribution is 5.40. The summed E-state index contributed by atoms with van der Waals surface area (Å²) in [5.41, 5.74) is 1.26. The maximum Gasteiger partial charge on any atom is 0.128 e. The molecule has 0 aromatic carbocycles. The van der Waals surface area contributed by atoms with E-state index in [9.17, 15) is 0 Å². The smallest absolute Gasteiger partial charge is 0.128 e. The Labute approximate surface area is 123 Å². The van der Waals surface area contributed by atoms with Crippen molar-refractivity contribution in [2.45, 2.75) is 38.8 Å². The van der Waals surface area contributed by atoms with Gasteiger partial charge in [0.15, 0.2) is 0 Å². The van der Waals surface area contributed by atoms with E-state index in [0.29, 0.717) is 12.1 Å². The van der Waals surface area contributed by atoms with Crippen molar-refractivity contribution in [2.75, 3.05) is 38.6 Å². The first kappa shape index (κ1) is 15.3. The van der Waals surface area contributed by atoms with Gasteiger partial charge >= 0.3 is 0 Å². The van der Waals surface area contributed by atoms with Crippen LogP contribution in [0.2, 0.25) is 0 Å². The molecule has 0 aliphatic carbocycles. The van der Waals surface area contributed by atoms with Crippen molar-refractivity contribution in [1.29, 1.82) is 0 Å². The highest BCUT2D eigenvalue weighted by atomic mass is 15.2. The average Bonchev–Trinajstić information content (AvgIpc) is 2.48. The van der Waals surface area contributed by atoms with E-state index in [1.807, 2.05) is 6.20 Å². The van der Waals surface area contributed by atoms with E-state index in [2.05, 4.69) is 60.2 Å². The largest absolute Gasteiger partial charge is 0.357 e. The van der Waals surface area contributed by atoms with E-state index in [1.54, 1.807) is 0 Å². The van der Waals surface area contributed by atoms with Crippen LogP contribution in [0.4, 0.5) is 5.82 Å². The number of rotatable bonds is 5. The number of anilines is 1. The van der Waals surface area contributed by atoms with Crippen LogP contribution in [0.15, 0.2) is 18.3 Å². The summed E-state index contributed by atoms with van der Waals surface area (Å²) >= 11 is 0. The summed E-state index contributed by atoms with van der Waals surface area (Å²) in [7, 11) is 4.37. The summed E-state index contributed by atoms with van der Waals surface area (Å²) < 4.78 is 0. The highest BCUT2D eigenvalue weighted by Crippen LogP contribution is 2.21. The van der Waals surface area contributed by atoms with Crippen molar-refractivity contribution in [3.8, 4) is 0 Å².